The molecule has 0 aliphatic carbocycles. The smallest absolute Gasteiger partial charge is 0.122 e. The molecule has 0 aliphatic heterocycles. The molecule has 21 heavy (non-hydrogen) atoms. The van der Waals surface area contributed by atoms with Crippen molar-refractivity contribution < 1.29 is 0 Å². The number of anilines is 1. The molecule has 3 aromatic rings. The lowest BCUT2D eigenvalue weighted by molar-refractivity contribution is 0.934. The summed E-state index contributed by atoms with van der Waals surface area (Å²) in [6.07, 6.45) is 0. The minimum atomic E-state index is 0.105. The Balaban J connectivity index is 1.82. The van der Waals surface area contributed by atoms with Crippen LogP contribution < -0.4 is 10.6 Å². The molecule has 1 heterocycles. The van der Waals surface area contributed by atoms with E-state index in [2.05, 4.69) is 41.6 Å². The molecule has 3 N–H and O–H groups in total. The monoisotopic (exact) mass is 295 g/mol. The molecule has 0 saturated carbocycles. The van der Waals surface area contributed by atoms with Crippen molar-refractivity contribution in [3.8, 4) is 0 Å². The number of nitrogen functional groups attached to an aromatic ring is 1. The van der Waals surface area contributed by atoms with Crippen LogP contribution in [0.3, 0.4) is 0 Å². The number of nitrogens with zero attached hydrogens (tertiary/aromatic N) is 1. The first-order valence-electron chi connectivity index (χ1n) is 6.76. The van der Waals surface area contributed by atoms with Crippen LogP contribution in [-0.2, 0) is 6.54 Å². The summed E-state index contributed by atoms with van der Waals surface area (Å²) in [6.45, 7) is 0.865. The predicted molar refractivity (Wildman–Crippen MR) is 91.4 cm³/mol. The topological polar surface area (TPSA) is 53.1 Å². The van der Waals surface area contributed by atoms with Crippen LogP contribution in [0.25, 0.3) is 10.1 Å². The van der Waals surface area contributed by atoms with Crippen molar-refractivity contribution in [3.05, 3.63) is 65.0 Å². The summed E-state index contributed by atoms with van der Waals surface area (Å²) >= 11 is 1.79. The highest BCUT2D eigenvalue weighted by atomic mass is 32.1. The van der Waals surface area contributed by atoms with Gasteiger partial charge in [0.1, 0.15) is 5.84 Å². The number of nitrogens with two attached hydrogens (primary N) is 1. The lowest BCUT2D eigenvalue weighted by Gasteiger charge is -2.19. The molecule has 0 bridgehead atoms. The number of hydrogen-bond donors (Lipinski definition) is 2. The van der Waals surface area contributed by atoms with Crippen molar-refractivity contribution in [1.82, 2.24) is 0 Å². The number of fused-ring (bicyclic) bond motifs is 1. The van der Waals surface area contributed by atoms with Crippen molar-refractivity contribution in [2.24, 2.45) is 5.73 Å². The SMILES string of the molecule is CN(Cc1csc2ccccc12)c1ccc(C(=N)N)cc1. The molecular formula is C17H17N3S. The van der Waals surface area contributed by atoms with Gasteiger partial charge >= 0.3 is 0 Å². The van der Waals surface area contributed by atoms with Crippen LogP contribution in [0.2, 0.25) is 0 Å². The Kier molecular flexibility index (Phi) is 3.62. The van der Waals surface area contributed by atoms with Gasteiger partial charge in [0.25, 0.3) is 0 Å². The molecule has 2 aromatic carbocycles. The second-order valence-electron chi connectivity index (χ2n) is 5.07. The number of nitrogens with one attached hydrogen (secondary N) is 1. The maximum atomic E-state index is 7.43. The Morgan fingerprint density at radius 2 is 1.86 bits per heavy atom. The van der Waals surface area contributed by atoms with E-state index in [9.17, 15) is 0 Å². The summed E-state index contributed by atoms with van der Waals surface area (Å²) in [4.78, 5) is 2.21. The van der Waals surface area contributed by atoms with Gasteiger partial charge in [-0.2, -0.15) is 0 Å². The molecule has 3 rings (SSSR count). The lowest BCUT2D eigenvalue weighted by atomic mass is 10.1. The molecule has 0 saturated heterocycles. The van der Waals surface area contributed by atoms with Gasteiger partial charge in [-0.15, -0.1) is 11.3 Å². The minimum Gasteiger partial charge on any atom is -0.384 e. The standard InChI is InChI=1S/C17H17N3S/c1-20(14-8-6-12(7-9-14)17(18)19)10-13-11-21-16-5-3-2-4-15(13)16/h2-9,11H,10H2,1H3,(H3,18,19). The van der Waals surface area contributed by atoms with Gasteiger partial charge < -0.3 is 10.6 Å². The van der Waals surface area contributed by atoms with Crippen LogP contribution >= 0.6 is 11.3 Å². The Morgan fingerprint density at radius 1 is 1.14 bits per heavy atom. The van der Waals surface area contributed by atoms with E-state index in [1.54, 1.807) is 11.3 Å². The zero-order valence-electron chi connectivity index (χ0n) is 11.8. The number of hydrogen-bond acceptors (Lipinski definition) is 3. The van der Waals surface area contributed by atoms with Gasteiger partial charge in [-0.25, -0.2) is 0 Å². The van der Waals surface area contributed by atoms with Crippen molar-refractivity contribution in [3.63, 3.8) is 0 Å². The first-order chi connectivity index (χ1) is 10.1. The molecule has 4 heteroatoms. The molecule has 0 amide bonds. The Morgan fingerprint density at radius 3 is 2.57 bits per heavy atom. The summed E-state index contributed by atoms with van der Waals surface area (Å²) in [7, 11) is 2.08. The maximum absolute atomic E-state index is 7.43. The molecule has 0 spiro atoms. The maximum Gasteiger partial charge on any atom is 0.122 e. The van der Waals surface area contributed by atoms with E-state index >= 15 is 0 Å². The fraction of sp³-hybridized carbons (Fsp3) is 0.118. The van der Waals surface area contributed by atoms with Crippen LogP contribution in [0.15, 0.2) is 53.9 Å². The van der Waals surface area contributed by atoms with Crippen LogP contribution in [-0.4, -0.2) is 12.9 Å². The van der Waals surface area contributed by atoms with Gasteiger partial charge in [0, 0.05) is 29.5 Å². The zero-order chi connectivity index (χ0) is 14.8. The third kappa shape index (κ3) is 2.76. The summed E-state index contributed by atoms with van der Waals surface area (Å²) in [5.41, 5.74) is 8.70. The molecule has 0 aliphatic rings. The van der Waals surface area contributed by atoms with E-state index in [1.807, 2.05) is 24.3 Å². The second kappa shape index (κ2) is 5.58. The molecule has 0 fully saturated rings. The molecule has 3 nitrogen and oxygen atoms in total. The van der Waals surface area contributed by atoms with E-state index < -0.39 is 0 Å². The molecule has 0 radical (unpaired) electrons. The van der Waals surface area contributed by atoms with E-state index in [0.29, 0.717) is 0 Å². The van der Waals surface area contributed by atoms with Gasteiger partial charge in [0.15, 0.2) is 0 Å². The first kappa shape index (κ1) is 13.6. The molecule has 0 atom stereocenters. The molecular weight excluding hydrogens is 278 g/mol. The highest BCUT2D eigenvalue weighted by Gasteiger charge is 2.07. The molecule has 1 aromatic heterocycles. The third-order valence-electron chi connectivity index (χ3n) is 3.59. The van der Waals surface area contributed by atoms with Crippen molar-refractivity contribution in [2.75, 3.05) is 11.9 Å². The second-order valence-corrected chi connectivity index (χ2v) is 5.98. The quantitative estimate of drug-likeness (QED) is 0.568. The number of benzene rings is 2. The third-order valence-corrected chi connectivity index (χ3v) is 4.60. The van der Waals surface area contributed by atoms with Gasteiger partial charge in [-0.05, 0) is 46.7 Å². The lowest BCUT2D eigenvalue weighted by Crippen LogP contribution is -2.16. The predicted octanol–water partition coefficient (Wildman–Crippen LogP) is 3.82. The van der Waals surface area contributed by atoms with E-state index in [1.165, 1.54) is 15.6 Å². The van der Waals surface area contributed by atoms with E-state index in [0.717, 1.165) is 17.8 Å². The first-order valence-corrected chi connectivity index (χ1v) is 7.64. The van der Waals surface area contributed by atoms with Gasteiger partial charge in [-0.3, -0.25) is 5.41 Å². The van der Waals surface area contributed by atoms with Crippen LogP contribution in [0.1, 0.15) is 11.1 Å². The number of rotatable bonds is 4. The summed E-state index contributed by atoms with van der Waals surface area (Å²) in [5.74, 6) is 0.105. The van der Waals surface area contributed by atoms with Gasteiger partial charge in [-0.1, -0.05) is 18.2 Å². The number of amidine groups is 1. The Labute approximate surface area is 128 Å². The van der Waals surface area contributed by atoms with Crippen LogP contribution in [0.5, 0.6) is 0 Å². The van der Waals surface area contributed by atoms with E-state index in [-0.39, 0.29) is 5.84 Å². The van der Waals surface area contributed by atoms with Gasteiger partial charge in [0.2, 0.25) is 0 Å². The highest BCUT2D eigenvalue weighted by Crippen LogP contribution is 2.27. The van der Waals surface area contributed by atoms with Crippen molar-refractivity contribution in [1.29, 1.82) is 5.41 Å². The van der Waals surface area contributed by atoms with Crippen LogP contribution in [0, 0.1) is 5.41 Å². The summed E-state index contributed by atoms with van der Waals surface area (Å²) in [5, 5.41) is 11.0. The number of thiophene rings is 1. The minimum absolute atomic E-state index is 0.105. The fourth-order valence-electron chi connectivity index (χ4n) is 2.40. The zero-order valence-corrected chi connectivity index (χ0v) is 12.7. The van der Waals surface area contributed by atoms with Crippen LogP contribution in [0.4, 0.5) is 5.69 Å². The normalized spacial score (nSPS) is 10.7. The van der Waals surface area contributed by atoms with Crippen molar-refractivity contribution >= 4 is 32.9 Å². The largest absolute Gasteiger partial charge is 0.384 e. The van der Waals surface area contributed by atoms with Gasteiger partial charge in [0.05, 0.1) is 0 Å². The average Bonchev–Trinajstić information content (AvgIpc) is 2.91. The molecule has 106 valence electrons. The highest BCUT2D eigenvalue weighted by molar-refractivity contribution is 7.17. The van der Waals surface area contributed by atoms with Crippen molar-refractivity contribution in [2.45, 2.75) is 6.54 Å². The summed E-state index contributed by atoms with van der Waals surface area (Å²) < 4.78 is 1.33. The average molecular weight is 295 g/mol. The van der Waals surface area contributed by atoms with E-state index in [4.69, 9.17) is 11.1 Å². The Bertz CT molecular complexity index is 774. The Hall–Kier alpha value is -2.33. The molecule has 0 unspecified atom stereocenters. The summed E-state index contributed by atoms with van der Waals surface area (Å²) in [6, 6.07) is 16.3. The fourth-order valence-corrected chi connectivity index (χ4v) is 3.35.